The van der Waals surface area contributed by atoms with Crippen LogP contribution in [0.1, 0.15) is 12.8 Å². The molecule has 3 N–H and O–H groups in total. The van der Waals surface area contributed by atoms with Crippen LogP contribution in [0.15, 0.2) is 0 Å². The fourth-order valence-electron chi connectivity index (χ4n) is 1.06. The van der Waals surface area contributed by atoms with Crippen molar-refractivity contribution in [2.45, 2.75) is 18.4 Å². The van der Waals surface area contributed by atoms with Gasteiger partial charge in [-0.3, -0.25) is 0 Å². The van der Waals surface area contributed by atoms with Crippen LogP contribution in [0.2, 0.25) is 0 Å². The zero-order valence-corrected chi connectivity index (χ0v) is 5.47. The SMILES string of the molecule is NCC[C@]1(O)CCOC1. The van der Waals surface area contributed by atoms with E-state index in [1.54, 1.807) is 0 Å². The minimum atomic E-state index is -0.602. The molecule has 0 aromatic carbocycles. The lowest BCUT2D eigenvalue weighted by molar-refractivity contribution is 0.0214. The Morgan fingerprint density at radius 1 is 1.67 bits per heavy atom. The van der Waals surface area contributed by atoms with Crippen LogP contribution in [-0.4, -0.2) is 30.5 Å². The molecule has 1 atom stereocenters. The maximum Gasteiger partial charge on any atom is 0.0914 e. The highest BCUT2D eigenvalue weighted by Gasteiger charge is 2.30. The molecule has 0 aliphatic carbocycles. The molecule has 0 unspecified atom stereocenters. The van der Waals surface area contributed by atoms with Crippen molar-refractivity contribution in [1.29, 1.82) is 0 Å². The number of nitrogens with two attached hydrogens (primary N) is 1. The second-order valence-corrected chi connectivity index (χ2v) is 2.57. The molecule has 0 saturated carbocycles. The maximum absolute atomic E-state index is 9.49. The molecule has 0 aromatic heterocycles. The summed E-state index contributed by atoms with van der Waals surface area (Å²) in [5.41, 5.74) is 4.68. The molecule has 0 spiro atoms. The summed E-state index contributed by atoms with van der Waals surface area (Å²) in [6.45, 7) is 1.68. The van der Waals surface area contributed by atoms with Crippen LogP contribution in [0, 0.1) is 0 Å². The zero-order valence-electron chi connectivity index (χ0n) is 5.47. The fourth-order valence-corrected chi connectivity index (χ4v) is 1.06. The van der Waals surface area contributed by atoms with Gasteiger partial charge in [0.1, 0.15) is 0 Å². The minimum absolute atomic E-state index is 0.462. The van der Waals surface area contributed by atoms with Crippen molar-refractivity contribution in [3.8, 4) is 0 Å². The number of hydrogen-bond donors (Lipinski definition) is 2. The molecule has 1 fully saturated rings. The third-order valence-corrected chi connectivity index (χ3v) is 1.69. The first-order valence-electron chi connectivity index (χ1n) is 3.27. The molecule has 1 heterocycles. The van der Waals surface area contributed by atoms with Crippen molar-refractivity contribution >= 4 is 0 Å². The second-order valence-electron chi connectivity index (χ2n) is 2.57. The molecule has 0 bridgehead atoms. The lowest BCUT2D eigenvalue weighted by atomic mass is 10.00. The van der Waals surface area contributed by atoms with Crippen molar-refractivity contribution in [1.82, 2.24) is 0 Å². The first-order valence-corrected chi connectivity index (χ1v) is 3.27. The van der Waals surface area contributed by atoms with Crippen molar-refractivity contribution < 1.29 is 9.84 Å². The standard InChI is InChI=1S/C6H13NO2/c7-3-1-6(8)2-4-9-5-6/h8H,1-5,7H2/t6-/m0/s1. The van der Waals surface area contributed by atoms with E-state index in [9.17, 15) is 5.11 Å². The topological polar surface area (TPSA) is 55.5 Å². The molecule has 54 valence electrons. The molecule has 1 aliphatic heterocycles. The van der Waals surface area contributed by atoms with Gasteiger partial charge in [-0.25, -0.2) is 0 Å². The molecule has 3 nitrogen and oxygen atoms in total. The number of aliphatic hydroxyl groups is 1. The summed E-state index contributed by atoms with van der Waals surface area (Å²) in [4.78, 5) is 0. The number of ether oxygens (including phenoxy) is 1. The minimum Gasteiger partial charge on any atom is -0.387 e. The van der Waals surface area contributed by atoms with Gasteiger partial charge in [-0.15, -0.1) is 0 Å². The van der Waals surface area contributed by atoms with Gasteiger partial charge in [0, 0.05) is 13.0 Å². The van der Waals surface area contributed by atoms with Gasteiger partial charge >= 0.3 is 0 Å². The van der Waals surface area contributed by atoms with E-state index >= 15 is 0 Å². The van der Waals surface area contributed by atoms with Crippen molar-refractivity contribution in [2.75, 3.05) is 19.8 Å². The van der Waals surface area contributed by atoms with Crippen LogP contribution in [0.5, 0.6) is 0 Å². The molecule has 3 heteroatoms. The summed E-state index contributed by atoms with van der Waals surface area (Å²) < 4.78 is 5.01. The smallest absolute Gasteiger partial charge is 0.0914 e. The average Bonchev–Trinajstić information content (AvgIpc) is 2.16. The Morgan fingerprint density at radius 3 is 2.89 bits per heavy atom. The highest BCUT2D eigenvalue weighted by Crippen LogP contribution is 2.20. The lowest BCUT2D eigenvalue weighted by Crippen LogP contribution is -2.31. The Labute approximate surface area is 54.8 Å². The number of rotatable bonds is 2. The van der Waals surface area contributed by atoms with Crippen LogP contribution in [0.4, 0.5) is 0 Å². The Morgan fingerprint density at radius 2 is 2.44 bits per heavy atom. The van der Waals surface area contributed by atoms with Gasteiger partial charge in [-0.1, -0.05) is 0 Å². The predicted octanol–water partition coefficient (Wildman–Crippen LogP) is -0.513. The first-order chi connectivity index (χ1) is 4.27. The van der Waals surface area contributed by atoms with E-state index in [1.807, 2.05) is 0 Å². The quantitative estimate of drug-likeness (QED) is 0.530. The van der Waals surface area contributed by atoms with Gasteiger partial charge in [0.05, 0.1) is 12.2 Å². The van der Waals surface area contributed by atoms with E-state index in [0.29, 0.717) is 26.2 Å². The molecule has 0 aromatic rings. The normalized spacial score (nSPS) is 35.3. The Kier molecular flexibility index (Phi) is 2.05. The van der Waals surface area contributed by atoms with Crippen LogP contribution in [0.25, 0.3) is 0 Å². The third-order valence-electron chi connectivity index (χ3n) is 1.69. The Balaban J connectivity index is 2.32. The summed E-state index contributed by atoms with van der Waals surface area (Å²) in [5.74, 6) is 0. The van der Waals surface area contributed by atoms with Crippen LogP contribution < -0.4 is 5.73 Å². The molecule has 1 saturated heterocycles. The Hall–Kier alpha value is -0.120. The second kappa shape index (κ2) is 2.64. The van der Waals surface area contributed by atoms with Crippen molar-refractivity contribution in [2.24, 2.45) is 5.73 Å². The van der Waals surface area contributed by atoms with Crippen molar-refractivity contribution in [3.05, 3.63) is 0 Å². The van der Waals surface area contributed by atoms with E-state index < -0.39 is 5.60 Å². The van der Waals surface area contributed by atoms with Gasteiger partial charge in [0.2, 0.25) is 0 Å². The summed E-state index contributed by atoms with van der Waals surface area (Å²) in [6.07, 6.45) is 1.40. The fraction of sp³-hybridized carbons (Fsp3) is 1.00. The summed E-state index contributed by atoms with van der Waals surface area (Å²) in [6, 6.07) is 0. The van der Waals surface area contributed by atoms with Crippen LogP contribution in [0.3, 0.4) is 0 Å². The van der Waals surface area contributed by atoms with E-state index in [-0.39, 0.29) is 0 Å². The van der Waals surface area contributed by atoms with Gasteiger partial charge in [-0.05, 0) is 13.0 Å². The summed E-state index contributed by atoms with van der Waals surface area (Å²) in [7, 11) is 0. The van der Waals surface area contributed by atoms with Gasteiger partial charge in [-0.2, -0.15) is 0 Å². The lowest BCUT2D eigenvalue weighted by Gasteiger charge is -2.18. The molecular formula is C6H13NO2. The van der Waals surface area contributed by atoms with E-state index in [4.69, 9.17) is 10.5 Å². The molecule has 9 heavy (non-hydrogen) atoms. The highest BCUT2D eigenvalue weighted by molar-refractivity contribution is 4.82. The van der Waals surface area contributed by atoms with Gasteiger partial charge < -0.3 is 15.6 Å². The summed E-state index contributed by atoms with van der Waals surface area (Å²) in [5, 5.41) is 9.49. The molecule has 0 radical (unpaired) electrons. The van der Waals surface area contributed by atoms with E-state index in [2.05, 4.69) is 0 Å². The predicted molar refractivity (Wildman–Crippen MR) is 34.1 cm³/mol. The Bertz CT molecular complexity index is 89.1. The number of hydrogen-bond acceptors (Lipinski definition) is 3. The van der Waals surface area contributed by atoms with Crippen LogP contribution in [-0.2, 0) is 4.74 Å². The van der Waals surface area contributed by atoms with Gasteiger partial charge in [0.15, 0.2) is 0 Å². The van der Waals surface area contributed by atoms with Crippen molar-refractivity contribution in [3.63, 3.8) is 0 Å². The van der Waals surface area contributed by atoms with Gasteiger partial charge in [0.25, 0.3) is 0 Å². The third kappa shape index (κ3) is 1.64. The van der Waals surface area contributed by atoms with Crippen LogP contribution >= 0.6 is 0 Å². The summed E-state index contributed by atoms with van der Waals surface area (Å²) >= 11 is 0. The highest BCUT2D eigenvalue weighted by atomic mass is 16.5. The molecule has 1 rings (SSSR count). The molecule has 1 aliphatic rings. The largest absolute Gasteiger partial charge is 0.387 e. The van der Waals surface area contributed by atoms with E-state index in [1.165, 1.54) is 0 Å². The average molecular weight is 131 g/mol. The monoisotopic (exact) mass is 131 g/mol. The zero-order chi connectivity index (χ0) is 6.74. The van der Waals surface area contributed by atoms with E-state index in [0.717, 1.165) is 6.42 Å². The molecular weight excluding hydrogens is 118 g/mol. The molecule has 0 amide bonds. The maximum atomic E-state index is 9.49. The first kappa shape index (κ1) is 6.99.